The van der Waals surface area contributed by atoms with Crippen molar-refractivity contribution in [3.63, 3.8) is 0 Å². The zero-order chi connectivity index (χ0) is 17.5. The van der Waals surface area contributed by atoms with E-state index in [2.05, 4.69) is 36.5 Å². The van der Waals surface area contributed by atoms with Crippen molar-refractivity contribution in [3.05, 3.63) is 64.2 Å². The van der Waals surface area contributed by atoms with Crippen molar-refractivity contribution in [1.82, 2.24) is 5.43 Å². The molecule has 0 radical (unpaired) electrons. The summed E-state index contributed by atoms with van der Waals surface area (Å²) < 4.78 is 0. The molecular formula is C19H21ClN2OS. The second-order valence-corrected chi connectivity index (χ2v) is 7.03. The average Bonchev–Trinajstić information content (AvgIpc) is 2.55. The van der Waals surface area contributed by atoms with Crippen LogP contribution in [0.25, 0.3) is 0 Å². The molecule has 0 saturated heterocycles. The highest BCUT2D eigenvalue weighted by Gasteiger charge is 2.08. The molecule has 2 aromatic rings. The molecule has 0 bridgehead atoms. The van der Waals surface area contributed by atoms with Crippen LogP contribution < -0.4 is 5.43 Å². The van der Waals surface area contributed by atoms with Crippen LogP contribution in [0, 0.1) is 0 Å². The molecule has 0 unspecified atom stereocenters. The predicted octanol–water partition coefficient (Wildman–Crippen LogP) is 4.88. The normalized spacial score (nSPS) is 11.2. The van der Waals surface area contributed by atoms with E-state index in [1.165, 1.54) is 5.56 Å². The summed E-state index contributed by atoms with van der Waals surface area (Å²) in [6, 6.07) is 13.7. The van der Waals surface area contributed by atoms with Gasteiger partial charge in [0.2, 0.25) is 5.91 Å². The molecule has 0 aromatic heterocycles. The van der Waals surface area contributed by atoms with Crippen molar-refractivity contribution in [2.45, 2.75) is 31.1 Å². The summed E-state index contributed by atoms with van der Waals surface area (Å²) in [5.41, 5.74) is 5.70. The van der Waals surface area contributed by atoms with Gasteiger partial charge in [-0.2, -0.15) is 5.10 Å². The van der Waals surface area contributed by atoms with Crippen molar-refractivity contribution < 1.29 is 4.79 Å². The second kappa shape index (κ2) is 8.90. The number of hydrazone groups is 1. The number of hydrogen-bond acceptors (Lipinski definition) is 3. The molecule has 0 aliphatic heterocycles. The number of rotatable bonds is 6. The Labute approximate surface area is 152 Å². The van der Waals surface area contributed by atoms with Crippen LogP contribution in [0.4, 0.5) is 0 Å². The van der Waals surface area contributed by atoms with Gasteiger partial charge in [0, 0.05) is 9.92 Å². The Morgan fingerprint density at radius 3 is 2.58 bits per heavy atom. The molecule has 2 rings (SSSR count). The number of hydrogen-bond donors (Lipinski definition) is 1. The van der Waals surface area contributed by atoms with E-state index in [1.54, 1.807) is 18.0 Å². The SMILES string of the molecule is CSc1ccc(Cl)cc1CC(=O)N/N=C\c1ccc(C(C)C)cc1. The van der Waals surface area contributed by atoms with E-state index in [0.717, 1.165) is 16.0 Å². The molecule has 1 amide bonds. The summed E-state index contributed by atoms with van der Waals surface area (Å²) in [4.78, 5) is 13.1. The third-order valence-electron chi connectivity index (χ3n) is 3.60. The molecule has 0 saturated carbocycles. The number of amides is 1. The van der Waals surface area contributed by atoms with Gasteiger partial charge in [-0.1, -0.05) is 49.7 Å². The van der Waals surface area contributed by atoms with Crippen molar-refractivity contribution in [3.8, 4) is 0 Å². The molecule has 0 heterocycles. The van der Waals surface area contributed by atoms with Crippen LogP contribution in [0.2, 0.25) is 5.02 Å². The lowest BCUT2D eigenvalue weighted by atomic mass is 10.0. The van der Waals surface area contributed by atoms with Gasteiger partial charge < -0.3 is 0 Å². The van der Waals surface area contributed by atoms with Crippen molar-refractivity contribution >= 4 is 35.5 Å². The molecule has 126 valence electrons. The Kier molecular flexibility index (Phi) is 6.88. The van der Waals surface area contributed by atoms with Gasteiger partial charge in [0.15, 0.2) is 0 Å². The Balaban J connectivity index is 1.94. The summed E-state index contributed by atoms with van der Waals surface area (Å²) in [5.74, 6) is 0.335. The van der Waals surface area contributed by atoms with Crippen LogP contribution in [-0.2, 0) is 11.2 Å². The lowest BCUT2D eigenvalue weighted by molar-refractivity contribution is -0.120. The van der Waals surface area contributed by atoms with E-state index in [1.807, 2.05) is 36.6 Å². The zero-order valence-electron chi connectivity index (χ0n) is 14.0. The minimum absolute atomic E-state index is 0.164. The Bertz CT molecular complexity index is 727. The largest absolute Gasteiger partial charge is 0.273 e. The molecule has 0 spiro atoms. The highest BCUT2D eigenvalue weighted by molar-refractivity contribution is 7.98. The average molecular weight is 361 g/mol. The fourth-order valence-electron chi connectivity index (χ4n) is 2.24. The molecule has 0 aliphatic rings. The van der Waals surface area contributed by atoms with Gasteiger partial charge >= 0.3 is 0 Å². The maximum Gasteiger partial charge on any atom is 0.244 e. The number of carbonyl (C=O) groups is 1. The van der Waals surface area contributed by atoms with E-state index in [4.69, 9.17) is 11.6 Å². The quantitative estimate of drug-likeness (QED) is 0.453. The minimum Gasteiger partial charge on any atom is -0.273 e. The molecule has 2 aromatic carbocycles. The maximum atomic E-state index is 12.0. The Morgan fingerprint density at radius 1 is 1.25 bits per heavy atom. The van der Waals surface area contributed by atoms with Gasteiger partial charge in [-0.25, -0.2) is 5.43 Å². The lowest BCUT2D eigenvalue weighted by Gasteiger charge is -2.07. The van der Waals surface area contributed by atoms with E-state index >= 15 is 0 Å². The third-order valence-corrected chi connectivity index (χ3v) is 4.67. The Morgan fingerprint density at radius 2 is 1.96 bits per heavy atom. The number of carbonyl (C=O) groups excluding carboxylic acids is 1. The molecule has 0 fully saturated rings. The summed E-state index contributed by atoms with van der Waals surface area (Å²) in [5, 5.41) is 4.65. The molecule has 0 atom stereocenters. The van der Waals surface area contributed by atoms with Gasteiger partial charge in [0.25, 0.3) is 0 Å². The fraction of sp³-hybridized carbons (Fsp3) is 0.263. The number of thioether (sulfide) groups is 1. The number of nitrogens with zero attached hydrogens (tertiary/aromatic N) is 1. The van der Waals surface area contributed by atoms with E-state index in [-0.39, 0.29) is 12.3 Å². The smallest absolute Gasteiger partial charge is 0.244 e. The maximum absolute atomic E-state index is 12.0. The van der Waals surface area contributed by atoms with E-state index < -0.39 is 0 Å². The molecule has 24 heavy (non-hydrogen) atoms. The third kappa shape index (κ3) is 5.39. The monoisotopic (exact) mass is 360 g/mol. The summed E-state index contributed by atoms with van der Waals surface area (Å²) in [6.07, 6.45) is 3.87. The molecule has 3 nitrogen and oxygen atoms in total. The van der Waals surface area contributed by atoms with Crippen LogP contribution >= 0.6 is 23.4 Å². The lowest BCUT2D eigenvalue weighted by Crippen LogP contribution is -2.20. The summed E-state index contributed by atoms with van der Waals surface area (Å²) >= 11 is 7.60. The van der Waals surface area contributed by atoms with Crippen molar-refractivity contribution in [1.29, 1.82) is 0 Å². The van der Waals surface area contributed by atoms with Gasteiger partial charge in [-0.15, -0.1) is 11.8 Å². The molecule has 5 heteroatoms. The van der Waals surface area contributed by atoms with Gasteiger partial charge in [0.1, 0.15) is 0 Å². The van der Waals surface area contributed by atoms with Crippen molar-refractivity contribution in [2.75, 3.05) is 6.26 Å². The van der Waals surface area contributed by atoms with Crippen LogP contribution in [-0.4, -0.2) is 18.4 Å². The number of benzene rings is 2. The van der Waals surface area contributed by atoms with E-state index in [0.29, 0.717) is 10.9 Å². The van der Waals surface area contributed by atoms with Crippen molar-refractivity contribution in [2.24, 2.45) is 5.10 Å². The first-order valence-corrected chi connectivity index (χ1v) is 9.34. The first-order valence-electron chi connectivity index (χ1n) is 7.74. The summed E-state index contributed by atoms with van der Waals surface area (Å²) in [6.45, 7) is 4.31. The van der Waals surface area contributed by atoms with Crippen LogP contribution in [0.15, 0.2) is 52.5 Å². The molecular weight excluding hydrogens is 340 g/mol. The first-order chi connectivity index (χ1) is 11.5. The Hall–Kier alpha value is -1.78. The number of halogens is 1. The van der Waals surface area contributed by atoms with Crippen LogP contribution in [0.5, 0.6) is 0 Å². The van der Waals surface area contributed by atoms with Crippen LogP contribution in [0.3, 0.4) is 0 Å². The zero-order valence-corrected chi connectivity index (χ0v) is 15.6. The minimum atomic E-state index is -0.164. The molecule has 1 N–H and O–H groups in total. The fourth-order valence-corrected chi connectivity index (χ4v) is 3.04. The van der Waals surface area contributed by atoms with Crippen LogP contribution in [0.1, 0.15) is 36.5 Å². The van der Waals surface area contributed by atoms with Gasteiger partial charge in [0.05, 0.1) is 12.6 Å². The molecule has 0 aliphatic carbocycles. The standard InChI is InChI=1S/C19H21ClN2OS/c1-13(2)15-6-4-14(5-7-15)12-21-22-19(23)11-16-10-17(20)8-9-18(16)24-3/h4-10,12-13H,11H2,1-3H3,(H,22,23)/b21-12-. The highest BCUT2D eigenvalue weighted by Crippen LogP contribution is 2.24. The van der Waals surface area contributed by atoms with Gasteiger partial charge in [-0.05, 0) is 47.1 Å². The van der Waals surface area contributed by atoms with E-state index in [9.17, 15) is 4.79 Å². The highest BCUT2D eigenvalue weighted by atomic mass is 35.5. The number of nitrogens with one attached hydrogen (secondary N) is 1. The summed E-state index contributed by atoms with van der Waals surface area (Å²) in [7, 11) is 0. The first kappa shape index (κ1) is 18.6. The predicted molar refractivity (Wildman–Crippen MR) is 103 cm³/mol. The second-order valence-electron chi connectivity index (χ2n) is 5.75. The van der Waals surface area contributed by atoms with Gasteiger partial charge in [-0.3, -0.25) is 4.79 Å². The topological polar surface area (TPSA) is 41.5 Å².